The smallest absolute Gasteiger partial charge is 0.389 e. The normalized spacial score (nSPS) is 13.5. The van der Waals surface area contributed by atoms with E-state index in [9.17, 15) is 32.7 Å². The summed E-state index contributed by atoms with van der Waals surface area (Å²) in [5.41, 5.74) is 0. The fraction of sp³-hybridized carbons (Fsp3) is 0.864. The number of carboxylic acid groups (broad SMARTS) is 1. The summed E-state index contributed by atoms with van der Waals surface area (Å²) in [6, 6.07) is 0. The van der Waals surface area contributed by atoms with E-state index < -0.39 is 36.6 Å². The summed E-state index contributed by atoms with van der Waals surface area (Å²) in [7, 11) is 0. The van der Waals surface area contributed by atoms with Crippen LogP contribution >= 0.6 is 0 Å². The summed E-state index contributed by atoms with van der Waals surface area (Å²) in [5, 5.41) is 9.41. The molecule has 31 heavy (non-hydrogen) atoms. The topological polar surface area (TPSA) is 89.9 Å². The van der Waals surface area contributed by atoms with Crippen LogP contribution in [0.3, 0.4) is 0 Å². The van der Waals surface area contributed by atoms with Gasteiger partial charge < -0.3 is 14.6 Å². The van der Waals surface area contributed by atoms with Gasteiger partial charge in [-0.1, -0.05) is 19.3 Å². The summed E-state index contributed by atoms with van der Waals surface area (Å²) < 4.78 is 46.7. The number of unbranched alkanes of at least 4 members (excludes halogenated alkanes) is 4. The maximum absolute atomic E-state index is 12.2. The third-order valence-corrected chi connectivity index (χ3v) is 4.99. The Labute approximate surface area is 182 Å². The molecule has 6 nitrogen and oxygen atoms in total. The lowest BCUT2D eigenvalue weighted by Gasteiger charge is -2.18. The van der Waals surface area contributed by atoms with Gasteiger partial charge in [0.05, 0.1) is 12.5 Å². The molecule has 1 N–H and O–H groups in total. The van der Waals surface area contributed by atoms with E-state index in [0.717, 1.165) is 25.7 Å². The van der Waals surface area contributed by atoms with Gasteiger partial charge in [-0.15, -0.1) is 0 Å². The molecule has 0 aliphatic rings. The van der Waals surface area contributed by atoms with Crippen molar-refractivity contribution in [3.63, 3.8) is 0 Å². The minimum atomic E-state index is -4.19. The zero-order valence-corrected chi connectivity index (χ0v) is 18.7. The van der Waals surface area contributed by atoms with Crippen LogP contribution in [0.5, 0.6) is 0 Å². The molecule has 0 saturated carbocycles. The van der Waals surface area contributed by atoms with Crippen molar-refractivity contribution in [1.82, 2.24) is 0 Å². The zero-order chi connectivity index (χ0) is 23.7. The second kappa shape index (κ2) is 16.8. The van der Waals surface area contributed by atoms with Crippen LogP contribution in [-0.2, 0) is 23.9 Å². The molecule has 0 spiro atoms. The van der Waals surface area contributed by atoms with E-state index in [1.807, 2.05) is 0 Å². The Bertz CT molecular complexity index is 522. The molecule has 0 saturated heterocycles. The number of alkyl halides is 3. The summed E-state index contributed by atoms with van der Waals surface area (Å²) in [4.78, 5) is 34.0. The fourth-order valence-electron chi connectivity index (χ4n) is 3.42. The van der Waals surface area contributed by atoms with Crippen molar-refractivity contribution in [3.8, 4) is 0 Å². The van der Waals surface area contributed by atoms with Crippen LogP contribution in [0.1, 0.15) is 97.3 Å². The summed E-state index contributed by atoms with van der Waals surface area (Å²) in [6.07, 6.45) is 0.498. The van der Waals surface area contributed by atoms with Crippen LogP contribution in [-0.4, -0.2) is 41.9 Å². The summed E-state index contributed by atoms with van der Waals surface area (Å²) in [5.74, 6) is -2.08. The van der Waals surface area contributed by atoms with Crippen molar-refractivity contribution in [2.75, 3.05) is 6.61 Å². The molecule has 0 amide bonds. The molecule has 0 aromatic carbocycles. The van der Waals surface area contributed by atoms with Crippen molar-refractivity contribution in [2.24, 2.45) is 5.92 Å². The van der Waals surface area contributed by atoms with Crippen molar-refractivity contribution >= 4 is 17.9 Å². The molecule has 2 atom stereocenters. The standard InChI is InChI=1S/C22H37F3O6/c1-3-30-20(27)15-7-5-4-6-11-18(21(28)29)12-10-14-19(31-17(2)26)13-8-9-16-22(23,24)25/h18-19H,3-16H2,1-2H3,(H,28,29). The Morgan fingerprint density at radius 2 is 1.45 bits per heavy atom. The molecule has 0 aromatic rings. The largest absolute Gasteiger partial charge is 0.481 e. The molecule has 182 valence electrons. The van der Waals surface area contributed by atoms with E-state index in [1.54, 1.807) is 6.92 Å². The van der Waals surface area contributed by atoms with E-state index in [2.05, 4.69) is 0 Å². The second-order valence-electron chi connectivity index (χ2n) is 7.82. The lowest BCUT2D eigenvalue weighted by molar-refractivity contribution is -0.148. The van der Waals surface area contributed by atoms with Gasteiger partial charge in [0, 0.05) is 19.8 Å². The quantitative estimate of drug-likeness (QED) is 0.207. The molecule has 0 radical (unpaired) electrons. The van der Waals surface area contributed by atoms with E-state index in [-0.39, 0.29) is 12.4 Å². The molecule has 9 heteroatoms. The van der Waals surface area contributed by atoms with Gasteiger partial charge in [-0.25, -0.2) is 0 Å². The number of carbonyl (C=O) groups is 3. The molecule has 0 fully saturated rings. The number of halogens is 3. The van der Waals surface area contributed by atoms with Crippen molar-refractivity contribution in [3.05, 3.63) is 0 Å². The van der Waals surface area contributed by atoms with Crippen LogP contribution in [0.2, 0.25) is 0 Å². The highest BCUT2D eigenvalue weighted by atomic mass is 19.4. The molecule has 0 aliphatic heterocycles. The van der Waals surface area contributed by atoms with Gasteiger partial charge in [0.25, 0.3) is 0 Å². The number of hydrogen-bond acceptors (Lipinski definition) is 5. The van der Waals surface area contributed by atoms with Crippen LogP contribution in [0, 0.1) is 5.92 Å². The average molecular weight is 455 g/mol. The van der Waals surface area contributed by atoms with Gasteiger partial charge in [-0.3, -0.25) is 14.4 Å². The number of esters is 2. The molecular formula is C22H37F3O6. The van der Waals surface area contributed by atoms with Crippen LogP contribution in [0.4, 0.5) is 13.2 Å². The van der Waals surface area contributed by atoms with E-state index >= 15 is 0 Å². The van der Waals surface area contributed by atoms with E-state index in [1.165, 1.54) is 6.92 Å². The number of carbonyl (C=O) groups excluding carboxylic acids is 2. The third-order valence-electron chi connectivity index (χ3n) is 4.99. The summed E-state index contributed by atoms with van der Waals surface area (Å²) >= 11 is 0. The lowest BCUT2D eigenvalue weighted by Crippen LogP contribution is -2.19. The first-order valence-electron chi connectivity index (χ1n) is 11.2. The summed E-state index contributed by atoms with van der Waals surface area (Å²) in [6.45, 7) is 3.38. The van der Waals surface area contributed by atoms with Crippen molar-refractivity contribution in [1.29, 1.82) is 0 Å². The van der Waals surface area contributed by atoms with Crippen LogP contribution < -0.4 is 0 Å². The maximum Gasteiger partial charge on any atom is 0.389 e. The number of ether oxygens (including phenoxy) is 2. The van der Waals surface area contributed by atoms with Gasteiger partial charge in [-0.05, 0) is 58.3 Å². The Morgan fingerprint density at radius 1 is 0.871 bits per heavy atom. The average Bonchev–Trinajstić information content (AvgIpc) is 2.64. The van der Waals surface area contributed by atoms with Gasteiger partial charge in [0.1, 0.15) is 6.10 Å². The third kappa shape index (κ3) is 18.7. The molecule has 0 aromatic heterocycles. The lowest BCUT2D eigenvalue weighted by atomic mass is 9.93. The molecule has 0 bridgehead atoms. The Kier molecular flexibility index (Phi) is 15.9. The molecule has 0 heterocycles. The fourth-order valence-corrected chi connectivity index (χ4v) is 3.42. The van der Waals surface area contributed by atoms with E-state index in [4.69, 9.17) is 9.47 Å². The van der Waals surface area contributed by atoms with Gasteiger partial charge in [0.15, 0.2) is 0 Å². The Balaban J connectivity index is 4.17. The van der Waals surface area contributed by atoms with Gasteiger partial charge >= 0.3 is 24.1 Å². The van der Waals surface area contributed by atoms with Crippen LogP contribution in [0.15, 0.2) is 0 Å². The number of carboxylic acids is 1. The number of aliphatic carboxylic acids is 1. The molecule has 2 unspecified atom stereocenters. The SMILES string of the molecule is CCOC(=O)CCCCCCC(CCCC(CCCCC(F)(F)F)OC(C)=O)C(=O)O. The van der Waals surface area contributed by atoms with E-state index in [0.29, 0.717) is 51.6 Å². The highest BCUT2D eigenvalue weighted by Gasteiger charge is 2.26. The van der Waals surface area contributed by atoms with Crippen molar-refractivity contribution < 1.29 is 42.1 Å². The van der Waals surface area contributed by atoms with Crippen LogP contribution in [0.25, 0.3) is 0 Å². The second-order valence-corrected chi connectivity index (χ2v) is 7.82. The zero-order valence-electron chi connectivity index (χ0n) is 18.7. The molecule has 0 rings (SSSR count). The minimum Gasteiger partial charge on any atom is -0.481 e. The molecular weight excluding hydrogens is 417 g/mol. The highest BCUT2D eigenvalue weighted by Crippen LogP contribution is 2.25. The predicted octanol–water partition coefficient (Wildman–Crippen LogP) is 5.82. The maximum atomic E-state index is 12.2. The first-order valence-corrected chi connectivity index (χ1v) is 11.2. The Morgan fingerprint density at radius 3 is 2.03 bits per heavy atom. The number of rotatable bonds is 18. The monoisotopic (exact) mass is 454 g/mol. The highest BCUT2D eigenvalue weighted by molar-refractivity contribution is 5.70. The predicted molar refractivity (Wildman–Crippen MR) is 109 cm³/mol. The number of hydrogen-bond donors (Lipinski definition) is 1. The minimum absolute atomic E-state index is 0.0187. The first-order chi connectivity index (χ1) is 14.5. The van der Waals surface area contributed by atoms with Gasteiger partial charge in [0.2, 0.25) is 0 Å². The first kappa shape index (κ1) is 29.2. The molecule has 0 aliphatic carbocycles. The van der Waals surface area contributed by atoms with Gasteiger partial charge in [-0.2, -0.15) is 13.2 Å². The Hall–Kier alpha value is -1.80. The van der Waals surface area contributed by atoms with Crippen molar-refractivity contribution in [2.45, 2.75) is 110 Å².